The number of ether oxygens (including phenoxy) is 1. The predicted octanol–water partition coefficient (Wildman–Crippen LogP) is 1.92. The Morgan fingerprint density at radius 1 is 1.35 bits per heavy atom. The van der Waals surface area contributed by atoms with Crippen molar-refractivity contribution in [3.05, 3.63) is 0 Å². The second-order valence-electron chi connectivity index (χ2n) is 5.08. The lowest BCUT2D eigenvalue weighted by Crippen LogP contribution is -2.46. The average molecular weight is 255 g/mol. The van der Waals surface area contributed by atoms with Gasteiger partial charge in [-0.2, -0.15) is 13.2 Å². The minimum Gasteiger partial charge on any atom is -0.444 e. The van der Waals surface area contributed by atoms with Gasteiger partial charge in [0.2, 0.25) is 0 Å². The highest BCUT2D eigenvalue weighted by Crippen LogP contribution is 2.33. The van der Waals surface area contributed by atoms with Crippen LogP contribution >= 0.6 is 0 Å². The van der Waals surface area contributed by atoms with Gasteiger partial charge in [0.25, 0.3) is 0 Å². The molecule has 7 heteroatoms. The molecule has 100 valence electrons. The molecule has 1 aliphatic rings. The quantitative estimate of drug-likeness (QED) is 0.719. The number of likely N-dealkylation sites (tertiary alicyclic amines) is 1. The van der Waals surface area contributed by atoms with Crippen LogP contribution in [0.4, 0.5) is 18.0 Å². The molecule has 0 bridgehead atoms. The van der Waals surface area contributed by atoms with Crippen molar-refractivity contribution in [1.29, 1.82) is 0 Å². The summed E-state index contributed by atoms with van der Waals surface area (Å²) >= 11 is 0. The second kappa shape index (κ2) is 4.36. The number of nitrogens with zero attached hydrogens (tertiary/aromatic N) is 1. The van der Waals surface area contributed by atoms with Gasteiger partial charge in [0.15, 0.2) is 0 Å². The topological polar surface area (TPSA) is 49.8 Å². The first kappa shape index (κ1) is 14.1. The van der Waals surface area contributed by atoms with Crippen molar-refractivity contribution in [1.82, 2.24) is 4.90 Å². The van der Waals surface area contributed by atoms with E-state index in [4.69, 9.17) is 4.74 Å². The van der Waals surface area contributed by atoms with Crippen molar-refractivity contribution in [3.8, 4) is 0 Å². The fourth-order valence-corrected chi connectivity index (χ4v) is 1.65. The van der Waals surface area contributed by atoms with E-state index in [0.29, 0.717) is 4.90 Å². The van der Waals surface area contributed by atoms with E-state index < -0.39 is 36.4 Å². The molecule has 0 radical (unpaired) electrons. The minimum absolute atomic E-state index is 0.348. The van der Waals surface area contributed by atoms with Gasteiger partial charge in [0, 0.05) is 6.42 Å². The number of hydrogen-bond donors (Lipinski definition) is 1. The highest BCUT2D eigenvalue weighted by Gasteiger charge is 2.51. The normalized spacial score (nSPS) is 26.2. The van der Waals surface area contributed by atoms with Crippen LogP contribution < -0.4 is 0 Å². The Hall–Kier alpha value is -0.980. The molecule has 0 aromatic rings. The van der Waals surface area contributed by atoms with Crippen LogP contribution in [0.25, 0.3) is 0 Å². The third-order valence-corrected chi connectivity index (χ3v) is 2.28. The van der Waals surface area contributed by atoms with Gasteiger partial charge < -0.3 is 9.84 Å². The maximum absolute atomic E-state index is 12.6. The van der Waals surface area contributed by atoms with E-state index in [1.54, 1.807) is 20.8 Å². The molecule has 1 amide bonds. The van der Waals surface area contributed by atoms with Crippen molar-refractivity contribution in [2.24, 2.45) is 0 Å². The molecule has 0 saturated carbocycles. The van der Waals surface area contributed by atoms with Gasteiger partial charge in [0.1, 0.15) is 11.6 Å². The van der Waals surface area contributed by atoms with Gasteiger partial charge in [-0.3, -0.25) is 4.90 Å². The number of aliphatic hydroxyl groups excluding tert-OH is 1. The average Bonchev–Trinajstić information content (AvgIpc) is 2.43. The molecule has 1 fully saturated rings. The summed E-state index contributed by atoms with van der Waals surface area (Å²) in [7, 11) is 0. The van der Waals surface area contributed by atoms with Gasteiger partial charge in [-0.1, -0.05) is 0 Å². The number of β-amino-alcohol motifs (C(OH)–C–C–N with tert-alkyl or cyclic N) is 1. The van der Waals surface area contributed by atoms with Crippen LogP contribution in [0.2, 0.25) is 0 Å². The first-order valence-electron chi connectivity index (χ1n) is 5.25. The summed E-state index contributed by atoms with van der Waals surface area (Å²) in [6.07, 6.45) is -7.25. The summed E-state index contributed by atoms with van der Waals surface area (Å²) in [6.45, 7) is 4.36. The molecule has 0 unspecified atom stereocenters. The van der Waals surface area contributed by atoms with E-state index in [9.17, 15) is 23.1 Å². The maximum atomic E-state index is 12.6. The number of rotatable bonds is 0. The highest BCUT2D eigenvalue weighted by molar-refractivity contribution is 5.69. The zero-order valence-corrected chi connectivity index (χ0v) is 9.91. The molecular formula is C10H16F3NO3. The molecule has 0 aliphatic carbocycles. The number of alkyl halides is 3. The Morgan fingerprint density at radius 3 is 2.29 bits per heavy atom. The fraction of sp³-hybridized carbons (Fsp3) is 0.900. The van der Waals surface area contributed by atoms with E-state index in [1.165, 1.54) is 0 Å². The van der Waals surface area contributed by atoms with Crippen molar-refractivity contribution in [2.75, 3.05) is 6.54 Å². The molecule has 1 saturated heterocycles. The number of aliphatic hydroxyl groups is 1. The lowest BCUT2D eigenvalue weighted by Gasteiger charge is -2.29. The van der Waals surface area contributed by atoms with Crippen LogP contribution in [0.3, 0.4) is 0 Å². The minimum atomic E-state index is -4.55. The van der Waals surface area contributed by atoms with Crippen molar-refractivity contribution in [3.63, 3.8) is 0 Å². The molecule has 4 nitrogen and oxygen atoms in total. The number of amides is 1. The van der Waals surface area contributed by atoms with Gasteiger partial charge in [-0.05, 0) is 20.8 Å². The van der Waals surface area contributed by atoms with Gasteiger partial charge in [0.05, 0.1) is 12.6 Å². The van der Waals surface area contributed by atoms with E-state index in [2.05, 4.69) is 0 Å². The Morgan fingerprint density at radius 2 is 1.88 bits per heavy atom. The first-order valence-corrected chi connectivity index (χ1v) is 5.25. The van der Waals surface area contributed by atoms with Crippen molar-refractivity contribution < 1.29 is 27.8 Å². The van der Waals surface area contributed by atoms with Crippen molar-refractivity contribution in [2.45, 2.75) is 51.1 Å². The molecule has 0 spiro atoms. The zero-order chi connectivity index (χ0) is 13.4. The van der Waals surface area contributed by atoms with Crippen LogP contribution in [0, 0.1) is 0 Å². The molecule has 1 N–H and O–H groups in total. The van der Waals surface area contributed by atoms with E-state index in [0.717, 1.165) is 0 Å². The number of carbonyl (C=O) groups is 1. The van der Waals surface area contributed by atoms with Crippen LogP contribution in [-0.2, 0) is 4.74 Å². The summed E-state index contributed by atoms with van der Waals surface area (Å²) in [6, 6.07) is -1.97. The Bertz CT molecular complexity index is 298. The molecule has 1 heterocycles. The Kier molecular flexibility index (Phi) is 3.61. The van der Waals surface area contributed by atoms with Gasteiger partial charge in [-0.15, -0.1) is 0 Å². The monoisotopic (exact) mass is 255 g/mol. The summed E-state index contributed by atoms with van der Waals surface area (Å²) in [5.74, 6) is 0. The number of hydrogen-bond acceptors (Lipinski definition) is 3. The largest absolute Gasteiger partial charge is 0.444 e. The van der Waals surface area contributed by atoms with E-state index in [-0.39, 0.29) is 6.54 Å². The van der Waals surface area contributed by atoms with Crippen molar-refractivity contribution >= 4 is 6.09 Å². The summed E-state index contributed by atoms with van der Waals surface area (Å²) in [5.41, 5.74) is -0.860. The first-order chi connectivity index (χ1) is 7.50. The predicted molar refractivity (Wildman–Crippen MR) is 53.4 cm³/mol. The molecule has 1 rings (SSSR count). The number of carbonyl (C=O) groups excluding carboxylic acids is 1. The third kappa shape index (κ3) is 3.76. The van der Waals surface area contributed by atoms with Gasteiger partial charge in [-0.25, -0.2) is 4.79 Å². The van der Waals surface area contributed by atoms with Crippen LogP contribution in [-0.4, -0.2) is 46.6 Å². The molecule has 0 aromatic carbocycles. The third-order valence-electron chi connectivity index (χ3n) is 2.28. The lowest BCUT2D eigenvalue weighted by atomic mass is 10.2. The summed E-state index contributed by atoms with van der Waals surface area (Å²) in [5, 5.41) is 9.23. The molecular weight excluding hydrogens is 239 g/mol. The molecule has 0 aromatic heterocycles. The standard InChI is InChI=1S/C10H16F3NO3/c1-9(2,3)17-8(16)14-5-6(15)4-7(14)10(11,12)13/h6-7,15H,4-5H2,1-3H3/t6-,7+/m1/s1. The van der Waals surface area contributed by atoms with E-state index >= 15 is 0 Å². The Balaban J connectivity index is 2.78. The molecule has 2 atom stereocenters. The Labute approximate surface area is 97.3 Å². The fourth-order valence-electron chi connectivity index (χ4n) is 1.65. The van der Waals surface area contributed by atoms with Crippen LogP contribution in [0.1, 0.15) is 27.2 Å². The number of halogens is 3. The van der Waals surface area contributed by atoms with Gasteiger partial charge >= 0.3 is 12.3 Å². The molecule has 1 aliphatic heterocycles. The lowest BCUT2D eigenvalue weighted by molar-refractivity contribution is -0.173. The highest BCUT2D eigenvalue weighted by atomic mass is 19.4. The van der Waals surface area contributed by atoms with E-state index in [1.807, 2.05) is 0 Å². The maximum Gasteiger partial charge on any atom is 0.410 e. The SMILES string of the molecule is CC(C)(C)OC(=O)N1C[C@H](O)C[C@H]1C(F)(F)F. The van der Waals surface area contributed by atoms with Crippen LogP contribution in [0.15, 0.2) is 0 Å². The smallest absolute Gasteiger partial charge is 0.410 e. The molecule has 17 heavy (non-hydrogen) atoms. The second-order valence-corrected chi connectivity index (χ2v) is 5.08. The summed E-state index contributed by atoms with van der Waals surface area (Å²) in [4.78, 5) is 12.1. The zero-order valence-electron chi connectivity index (χ0n) is 9.91. The van der Waals surface area contributed by atoms with Crippen LogP contribution in [0.5, 0.6) is 0 Å². The summed E-state index contributed by atoms with van der Waals surface area (Å²) < 4.78 is 42.7.